The SMILES string of the molecule is O=P(O)(O)CC[C@H]1O[C@H](OC2=CNB(c3ccccc3)C=C2)C[C@@H](O)[C@@H]1O. The molecule has 0 radical (unpaired) electrons. The summed E-state index contributed by atoms with van der Waals surface area (Å²) in [7, 11) is -4.22. The molecule has 1 aromatic carbocycles. The molecule has 10 heteroatoms. The molecule has 2 heterocycles. The van der Waals surface area contributed by atoms with Gasteiger partial charge in [-0.05, 0) is 12.5 Å². The van der Waals surface area contributed by atoms with E-state index in [4.69, 9.17) is 19.3 Å². The van der Waals surface area contributed by atoms with Crippen LogP contribution in [-0.4, -0.2) is 57.6 Å². The highest BCUT2D eigenvalue weighted by Crippen LogP contribution is 2.37. The summed E-state index contributed by atoms with van der Waals surface area (Å²) in [5.41, 5.74) is 1.11. The van der Waals surface area contributed by atoms with Crippen LogP contribution in [0.4, 0.5) is 0 Å². The van der Waals surface area contributed by atoms with Gasteiger partial charge >= 0.3 is 14.4 Å². The van der Waals surface area contributed by atoms with Crippen molar-refractivity contribution < 1.29 is 34.0 Å². The van der Waals surface area contributed by atoms with Crippen LogP contribution >= 0.6 is 7.60 Å². The Hall–Kier alpha value is -1.61. The Morgan fingerprint density at radius 2 is 2.00 bits per heavy atom. The molecule has 1 aromatic rings. The predicted octanol–water partition coefficient (Wildman–Crippen LogP) is -0.154. The molecule has 1 saturated heterocycles. The number of hydrogen-bond acceptors (Lipinski definition) is 6. The molecule has 0 spiro atoms. The Kier molecular flexibility index (Phi) is 6.42. The van der Waals surface area contributed by atoms with Crippen molar-refractivity contribution in [1.29, 1.82) is 0 Å². The van der Waals surface area contributed by atoms with Crippen molar-refractivity contribution in [3.05, 3.63) is 54.3 Å². The van der Waals surface area contributed by atoms with E-state index in [9.17, 15) is 14.8 Å². The van der Waals surface area contributed by atoms with E-state index in [0.29, 0.717) is 5.76 Å². The second-order valence-electron chi connectivity index (χ2n) is 6.65. The third-order valence-electron chi connectivity index (χ3n) is 4.52. The third-order valence-corrected chi connectivity index (χ3v) is 5.37. The molecule has 0 saturated carbocycles. The fraction of sp³-hybridized carbons (Fsp3) is 0.412. The summed E-state index contributed by atoms with van der Waals surface area (Å²) < 4.78 is 22.4. The molecule has 8 nitrogen and oxygen atoms in total. The Morgan fingerprint density at radius 1 is 1.26 bits per heavy atom. The van der Waals surface area contributed by atoms with E-state index in [0.717, 1.165) is 5.46 Å². The highest BCUT2D eigenvalue weighted by molar-refractivity contribution is 7.51. The van der Waals surface area contributed by atoms with Gasteiger partial charge in [-0.1, -0.05) is 41.8 Å². The zero-order chi connectivity index (χ0) is 19.4. The minimum absolute atomic E-state index is 0.0224. The van der Waals surface area contributed by atoms with Gasteiger partial charge in [0.1, 0.15) is 11.9 Å². The number of hydrogen-bond donors (Lipinski definition) is 5. The maximum Gasteiger partial charge on any atom is 0.325 e. The van der Waals surface area contributed by atoms with E-state index in [-0.39, 0.29) is 19.7 Å². The van der Waals surface area contributed by atoms with Crippen molar-refractivity contribution in [2.75, 3.05) is 6.16 Å². The first-order valence-corrected chi connectivity index (χ1v) is 10.5. The van der Waals surface area contributed by atoms with E-state index >= 15 is 0 Å². The largest absolute Gasteiger partial charge is 0.463 e. The Morgan fingerprint density at radius 3 is 2.63 bits per heavy atom. The average molecular weight is 395 g/mol. The number of aliphatic hydroxyl groups excluding tert-OH is 2. The van der Waals surface area contributed by atoms with Crippen LogP contribution in [0.25, 0.3) is 0 Å². The van der Waals surface area contributed by atoms with Gasteiger partial charge in [-0.2, -0.15) is 0 Å². The van der Waals surface area contributed by atoms with E-state index in [1.54, 1.807) is 12.3 Å². The standard InChI is InChI=1S/C17H23BNO7P/c20-14-10-16(26-15(17(14)21)7-9-27(22,23)24)25-13-6-8-18(19-11-13)12-4-2-1-3-5-12/h1-6,8,11,14-17,19-21H,7,9-10H2,(H2,22,23,24)/t14-,15-,16+,17+/m1/s1. The van der Waals surface area contributed by atoms with Gasteiger partial charge in [-0.25, -0.2) is 0 Å². The summed E-state index contributed by atoms with van der Waals surface area (Å²) in [5, 5.41) is 23.2. The minimum atomic E-state index is -4.22. The Labute approximate surface area is 157 Å². The first-order valence-electron chi connectivity index (χ1n) is 8.74. The molecule has 0 amide bonds. The van der Waals surface area contributed by atoms with Crippen molar-refractivity contribution in [2.24, 2.45) is 0 Å². The number of ether oxygens (including phenoxy) is 2. The topological polar surface area (TPSA) is 128 Å². The van der Waals surface area contributed by atoms with Crippen LogP contribution in [0.1, 0.15) is 12.8 Å². The molecule has 4 atom stereocenters. The van der Waals surface area contributed by atoms with Gasteiger partial charge < -0.3 is 34.7 Å². The number of nitrogens with one attached hydrogen (secondary N) is 1. The van der Waals surface area contributed by atoms with E-state index in [2.05, 4.69) is 5.23 Å². The summed E-state index contributed by atoms with van der Waals surface area (Å²) in [5.74, 6) is 2.44. The van der Waals surface area contributed by atoms with Crippen LogP contribution in [-0.2, 0) is 14.0 Å². The minimum Gasteiger partial charge on any atom is -0.463 e. The predicted molar refractivity (Wildman–Crippen MR) is 100 cm³/mol. The molecule has 0 aromatic heterocycles. The molecule has 0 unspecified atom stereocenters. The van der Waals surface area contributed by atoms with E-state index < -0.39 is 38.4 Å². The number of aliphatic hydroxyl groups is 2. The smallest absolute Gasteiger partial charge is 0.325 e. The number of benzene rings is 1. The van der Waals surface area contributed by atoms with Crippen LogP contribution in [0.5, 0.6) is 0 Å². The van der Waals surface area contributed by atoms with Crippen molar-refractivity contribution in [3.63, 3.8) is 0 Å². The van der Waals surface area contributed by atoms with Gasteiger partial charge in [0.25, 0.3) is 0 Å². The lowest BCUT2D eigenvalue weighted by Gasteiger charge is -2.37. The fourth-order valence-electron chi connectivity index (χ4n) is 3.08. The Balaban J connectivity index is 1.56. The van der Waals surface area contributed by atoms with Gasteiger partial charge in [0.15, 0.2) is 0 Å². The van der Waals surface area contributed by atoms with Gasteiger partial charge in [0.2, 0.25) is 6.29 Å². The zero-order valence-electron chi connectivity index (χ0n) is 14.6. The second kappa shape index (κ2) is 8.60. The third kappa shape index (κ3) is 5.68. The first-order chi connectivity index (χ1) is 12.8. The van der Waals surface area contributed by atoms with Crippen LogP contribution in [0.3, 0.4) is 0 Å². The summed E-state index contributed by atoms with van der Waals surface area (Å²) >= 11 is 0. The Bertz CT molecular complexity index is 738. The molecule has 2 aliphatic heterocycles. The molecule has 27 heavy (non-hydrogen) atoms. The van der Waals surface area contributed by atoms with Gasteiger partial charge in [0.05, 0.1) is 18.4 Å². The van der Waals surface area contributed by atoms with Crippen molar-refractivity contribution in [1.82, 2.24) is 5.23 Å². The lowest BCUT2D eigenvalue weighted by molar-refractivity contribution is -0.237. The molecule has 0 bridgehead atoms. The molecule has 3 rings (SSSR count). The summed E-state index contributed by atoms with van der Waals surface area (Å²) in [4.78, 5) is 18.0. The lowest BCUT2D eigenvalue weighted by Crippen LogP contribution is -2.49. The molecule has 0 aliphatic carbocycles. The van der Waals surface area contributed by atoms with Crippen molar-refractivity contribution >= 4 is 19.9 Å². The summed E-state index contributed by atoms with van der Waals surface area (Å²) in [6.07, 6.45) is -1.01. The fourth-order valence-corrected chi connectivity index (χ4v) is 3.68. The van der Waals surface area contributed by atoms with E-state index in [1.165, 1.54) is 0 Å². The molecular weight excluding hydrogens is 372 g/mol. The van der Waals surface area contributed by atoms with Crippen molar-refractivity contribution in [3.8, 4) is 0 Å². The average Bonchev–Trinajstić information content (AvgIpc) is 2.64. The van der Waals surface area contributed by atoms with Gasteiger partial charge in [-0.15, -0.1) is 0 Å². The summed E-state index contributed by atoms with van der Waals surface area (Å²) in [6.45, 7) is 0.0224. The first kappa shape index (κ1) is 20.1. The lowest BCUT2D eigenvalue weighted by atomic mass is 9.55. The van der Waals surface area contributed by atoms with Crippen LogP contribution in [0.15, 0.2) is 54.3 Å². The van der Waals surface area contributed by atoms with Gasteiger partial charge in [-0.3, -0.25) is 4.57 Å². The second-order valence-corrected chi connectivity index (χ2v) is 8.43. The monoisotopic (exact) mass is 395 g/mol. The van der Waals surface area contributed by atoms with Crippen molar-refractivity contribution in [2.45, 2.75) is 37.4 Å². The molecule has 146 valence electrons. The van der Waals surface area contributed by atoms with Crippen LogP contribution in [0.2, 0.25) is 0 Å². The quantitative estimate of drug-likeness (QED) is 0.332. The molecule has 2 aliphatic rings. The van der Waals surface area contributed by atoms with Gasteiger partial charge in [0, 0.05) is 12.6 Å². The summed E-state index contributed by atoms with van der Waals surface area (Å²) in [6, 6.07) is 9.88. The number of rotatable bonds is 6. The molecular formula is C17H23BNO7P. The zero-order valence-corrected chi connectivity index (χ0v) is 15.5. The maximum atomic E-state index is 11.0. The van der Waals surface area contributed by atoms with Crippen LogP contribution in [0, 0.1) is 0 Å². The van der Waals surface area contributed by atoms with E-state index in [1.807, 2.05) is 36.3 Å². The number of allylic oxidation sites excluding steroid dienone is 1. The highest BCUT2D eigenvalue weighted by Gasteiger charge is 2.38. The molecule has 5 N–H and O–H groups in total. The maximum absolute atomic E-state index is 11.0. The molecule has 1 fully saturated rings. The normalized spacial score (nSPS) is 28.4. The highest BCUT2D eigenvalue weighted by atomic mass is 31.2. The van der Waals surface area contributed by atoms with Crippen LogP contribution < -0.4 is 10.7 Å².